The lowest BCUT2D eigenvalue weighted by Gasteiger charge is -2.20. The maximum atomic E-state index is 4.45. The van der Waals surface area contributed by atoms with E-state index in [4.69, 9.17) is 0 Å². The highest BCUT2D eigenvalue weighted by atomic mass is 14.9. The molecule has 2 nitrogen and oxygen atoms in total. The maximum absolute atomic E-state index is 4.45. The summed E-state index contributed by atoms with van der Waals surface area (Å²) in [6.07, 6.45) is 5.36. The average Bonchev–Trinajstić information content (AvgIpc) is 2.25. The van der Waals surface area contributed by atoms with Crippen LogP contribution in [0, 0.1) is 12.8 Å². The molecule has 0 aliphatic rings. The lowest BCUT2D eigenvalue weighted by atomic mass is 9.99. The molecule has 0 saturated carbocycles. The Kier molecular flexibility index (Phi) is 6.20. The van der Waals surface area contributed by atoms with Crippen LogP contribution in [0.2, 0.25) is 0 Å². The summed E-state index contributed by atoms with van der Waals surface area (Å²) in [6, 6.07) is 4.81. The number of hydrogen-bond donors (Lipinski definition) is 1. The van der Waals surface area contributed by atoms with Crippen molar-refractivity contribution in [2.75, 3.05) is 6.54 Å². The molecule has 0 spiro atoms. The van der Waals surface area contributed by atoms with Crippen LogP contribution in [-0.4, -0.2) is 17.6 Å². The average molecular weight is 234 g/mol. The van der Waals surface area contributed by atoms with Gasteiger partial charge in [-0.15, -0.1) is 0 Å². The molecule has 1 aromatic rings. The molecule has 0 aliphatic carbocycles. The minimum absolute atomic E-state index is 0.559. The number of pyridine rings is 1. The first-order valence-corrected chi connectivity index (χ1v) is 6.76. The molecule has 2 heteroatoms. The number of aryl methyl sites for hydroxylation is 1. The third kappa shape index (κ3) is 5.83. The highest BCUT2D eigenvalue weighted by Crippen LogP contribution is 2.10. The van der Waals surface area contributed by atoms with E-state index in [1.165, 1.54) is 24.1 Å². The van der Waals surface area contributed by atoms with Crippen molar-refractivity contribution in [3.05, 3.63) is 29.6 Å². The summed E-state index contributed by atoms with van der Waals surface area (Å²) in [7, 11) is 0. The summed E-state index contributed by atoms with van der Waals surface area (Å²) >= 11 is 0. The van der Waals surface area contributed by atoms with E-state index in [0.29, 0.717) is 6.04 Å². The third-order valence-corrected chi connectivity index (χ3v) is 2.87. The number of hydrogen-bond acceptors (Lipinski definition) is 2. The number of nitrogens with one attached hydrogen (secondary N) is 1. The van der Waals surface area contributed by atoms with E-state index < -0.39 is 0 Å². The highest BCUT2D eigenvalue weighted by Gasteiger charge is 2.11. The lowest BCUT2D eigenvalue weighted by molar-refractivity contribution is 0.413. The van der Waals surface area contributed by atoms with Gasteiger partial charge in [-0.3, -0.25) is 4.98 Å². The monoisotopic (exact) mass is 234 g/mol. The van der Waals surface area contributed by atoms with Crippen molar-refractivity contribution in [3.8, 4) is 0 Å². The Morgan fingerprint density at radius 1 is 1.35 bits per heavy atom. The molecule has 1 unspecified atom stereocenters. The Bertz CT molecular complexity index is 320. The van der Waals surface area contributed by atoms with Crippen LogP contribution in [0.5, 0.6) is 0 Å². The predicted octanol–water partition coefficient (Wildman–Crippen LogP) is 3.35. The van der Waals surface area contributed by atoms with Crippen LogP contribution < -0.4 is 5.32 Å². The summed E-state index contributed by atoms with van der Waals surface area (Å²) in [4.78, 5) is 4.45. The summed E-state index contributed by atoms with van der Waals surface area (Å²) in [5, 5.41) is 3.63. The molecule has 1 N–H and O–H groups in total. The van der Waals surface area contributed by atoms with Gasteiger partial charge in [0.15, 0.2) is 0 Å². The quantitative estimate of drug-likeness (QED) is 0.782. The van der Waals surface area contributed by atoms with Crippen molar-refractivity contribution in [3.63, 3.8) is 0 Å². The van der Waals surface area contributed by atoms with Crippen molar-refractivity contribution in [1.29, 1.82) is 0 Å². The summed E-state index contributed by atoms with van der Waals surface area (Å²) in [6.45, 7) is 10.0. The first-order valence-electron chi connectivity index (χ1n) is 6.76. The van der Waals surface area contributed by atoms with Gasteiger partial charge in [-0.1, -0.05) is 20.8 Å². The SMILES string of the molecule is CCCNC(Cc1cc(C)ccn1)CC(C)C. The molecule has 1 heterocycles. The Balaban J connectivity index is 2.58. The van der Waals surface area contributed by atoms with Crippen LogP contribution in [0.25, 0.3) is 0 Å². The Morgan fingerprint density at radius 3 is 2.71 bits per heavy atom. The van der Waals surface area contributed by atoms with Gasteiger partial charge >= 0.3 is 0 Å². The van der Waals surface area contributed by atoms with Gasteiger partial charge in [0.2, 0.25) is 0 Å². The first-order chi connectivity index (χ1) is 8.11. The van der Waals surface area contributed by atoms with E-state index in [-0.39, 0.29) is 0 Å². The fourth-order valence-corrected chi connectivity index (χ4v) is 2.12. The normalized spacial score (nSPS) is 13.0. The first kappa shape index (κ1) is 14.2. The predicted molar refractivity (Wildman–Crippen MR) is 74.2 cm³/mol. The van der Waals surface area contributed by atoms with E-state index in [0.717, 1.165) is 18.9 Å². The number of aromatic nitrogens is 1. The van der Waals surface area contributed by atoms with Crippen LogP contribution in [0.4, 0.5) is 0 Å². The fraction of sp³-hybridized carbons (Fsp3) is 0.667. The second-order valence-corrected chi connectivity index (χ2v) is 5.31. The second-order valence-electron chi connectivity index (χ2n) is 5.31. The molecular formula is C15H26N2. The van der Waals surface area contributed by atoms with Crippen molar-refractivity contribution < 1.29 is 0 Å². The van der Waals surface area contributed by atoms with Gasteiger partial charge in [-0.25, -0.2) is 0 Å². The van der Waals surface area contributed by atoms with E-state index in [9.17, 15) is 0 Å². The van der Waals surface area contributed by atoms with Crippen LogP contribution >= 0.6 is 0 Å². The molecule has 1 aromatic heterocycles. The van der Waals surface area contributed by atoms with Crippen molar-refractivity contribution in [2.24, 2.45) is 5.92 Å². The van der Waals surface area contributed by atoms with Gasteiger partial charge in [-0.2, -0.15) is 0 Å². The molecule has 0 saturated heterocycles. The summed E-state index contributed by atoms with van der Waals surface area (Å²) in [5.41, 5.74) is 2.51. The van der Waals surface area contributed by atoms with Crippen LogP contribution in [0.1, 0.15) is 44.9 Å². The molecule has 0 fully saturated rings. The zero-order valence-corrected chi connectivity index (χ0v) is 11.7. The molecule has 0 radical (unpaired) electrons. The Hall–Kier alpha value is -0.890. The zero-order valence-electron chi connectivity index (χ0n) is 11.7. The number of nitrogens with zero attached hydrogens (tertiary/aromatic N) is 1. The largest absolute Gasteiger partial charge is 0.314 e. The van der Waals surface area contributed by atoms with E-state index in [1.54, 1.807) is 0 Å². The third-order valence-electron chi connectivity index (χ3n) is 2.87. The summed E-state index contributed by atoms with van der Waals surface area (Å²) in [5.74, 6) is 0.731. The van der Waals surface area contributed by atoms with E-state index >= 15 is 0 Å². The van der Waals surface area contributed by atoms with Gasteiger partial charge in [0.1, 0.15) is 0 Å². The molecular weight excluding hydrogens is 208 g/mol. The minimum Gasteiger partial charge on any atom is -0.314 e. The van der Waals surface area contributed by atoms with Gasteiger partial charge in [0.05, 0.1) is 0 Å². The summed E-state index contributed by atoms with van der Waals surface area (Å²) < 4.78 is 0. The molecule has 0 aromatic carbocycles. The second kappa shape index (κ2) is 7.44. The molecule has 1 rings (SSSR count). The standard InChI is InChI=1S/C15H26N2/c1-5-7-16-14(9-12(2)3)11-15-10-13(4)6-8-17-15/h6,8,10,12,14,16H,5,7,9,11H2,1-4H3. The maximum Gasteiger partial charge on any atom is 0.0421 e. The fourth-order valence-electron chi connectivity index (χ4n) is 2.12. The smallest absolute Gasteiger partial charge is 0.0421 e. The van der Waals surface area contributed by atoms with Crippen LogP contribution in [0.15, 0.2) is 18.3 Å². The number of rotatable bonds is 7. The molecule has 17 heavy (non-hydrogen) atoms. The van der Waals surface area contributed by atoms with Crippen molar-refractivity contribution >= 4 is 0 Å². The van der Waals surface area contributed by atoms with Gasteiger partial charge in [0.25, 0.3) is 0 Å². The molecule has 0 amide bonds. The van der Waals surface area contributed by atoms with Crippen LogP contribution in [-0.2, 0) is 6.42 Å². The molecule has 96 valence electrons. The topological polar surface area (TPSA) is 24.9 Å². The Labute approximate surface area is 106 Å². The molecule has 0 aliphatic heterocycles. The molecule has 1 atom stereocenters. The Morgan fingerprint density at radius 2 is 2.12 bits per heavy atom. The van der Waals surface area contributed by atoms with E-state index in [2.05, 4.69) is 50.1 Å². The molecule has 0 bridgehead atoms. The van der Waals surface area contributed by atoms with Crippen LogP contribution in [0.3, 0.4) is 0 Å². The highest BCUT2D eigenvalue weighted by molar-refractivity contribution is 5.15. The van der Waals surface area contributed by atoms with Gasteiger partial charge in [0, 0.05) is 24.4 Å². The van der Waals surface area contributed by atoms with Crippen molar-refractivity contribution in [1.82, 2.24) is 10.3 Å². The van der Waals surface area contributed by atoms with E-state index in [1.807, 2.05) is 6.20 Å². The minimum atomic E-state index is 0.559. The lowest BCUT2D eigenvalue weighted by Crippen LogP contribution is -2.33. The van der Waals surface area contributed by atoms with Gasteiger partial charge in [-0.05, 0) is 49.9 Å². The van der Waals surface area contributed by atoms with Crippen molar-refractivity contribution in [2.45, 2.75) is 53.0 Å². The van der Waals surface area contributed by atoms with Gasteiger partial charge < -0.3 is 5.32 Å². The zero-order chi connectivity index (χ0) is 12.7.